The van der Waals surface area contributed by atoms with Gasteiger partial charge in [-0.3, -0.25) is 4.79 Å². The lowest BCUT2D eigenvalue weighted by molar-refractivity contribution is -0.695. The molecule has 37 heavy (non-hydrogen) atoms. The van der Waals surface area contributed by atoms with Gasteiger partial charge in [0.05, 0.1) is 0 Å². The van der Waals surface area contributed by atoms with E-state index >= 15 is 0 Å². The Bertz CT molecular complexity index is 1700. The number of Topliss-reactive ketones (excluding diaryl/α,β-unsaturated/α-hetero) is 1. The van der Waals surface area contributed by atoms with E-state index in [4.69, 9.17) is 4.42 Å². The maximum atomic E-state index is 13.2. The number of carbonyl (C=O) groups excluding carboxylic acids is 1. The predicted molar refractivity (Wildman–Crippen MR) is 143 cm³/mol. The van der Waals surface area contributed by atoms with E-state index in [2.05, 4.69) is 52.6 Å². The molecule has 2 aromatic heterocycles. The van der Waals surface area contributed by atoms with Crippen molar-refractivity contribution in [1.29, 1.82) is 0 Å². The highest BCUT2D eigenvalue weighted by Gasteiger charge is 2.23. The number of para-hydroxylation sites is 1. The Morgan fingerprint density at radius 1 is 0.865 bits per heavy atom. The van der Waals surface area contributed by atoms with Gasteiger partial charge in [-0.2, -0.15) is 0 Å². The SMILES string of the molecule is CCc1n(CC(=O)c2ccc3ccccc3c2)cc[n+]1Cc1c(-c2ccccc2)oc2ccccc12.[Br-]. The van der Waals surface area contributed by atoms with E-state index in [9.17, 15) is 4.79 Å². The van der Waals surface area contributed by atoms with Gasteiger partial charge < -0.3 is 21.4 Å². The first-order valence-electron chi connectivity index (χ1n) is 12.4. The Kier molecular flexibility index (Phi) is 7.06. The molecule has 0 aliphatic heterocycles. The number of imidazole rings is 1. The third kappa shape index (κ3) is 4.75. The molecule has 6 aromatic rings. The van der Waals surface area contributed by atoms with Crippen LogP contribution in [0.1, 0.15) is 28.7 Å². The van der Waals surface area contributed by atoms with Gasteiger partial charge in [-0.1, -0.05) is 91.9 Å². The van der Waals surface area contributed by atoms with Gasteiger partial charge in [0.1, 0.15) is 30.3 Å². The predicted octanol–water partition coefficient (Wildman–Crippen LogP) is 3.84. The van der Waals surface area contributed by atoms with E-state index in [1.807, 2.05) is 72.9 Å². The Labute approximate surface area is 226 Å². The van der Waals surface area contributed by atoms with Crippen molar-refractivity contribution in [2.45, 2.75) is 26.4 Å². The molecule has 0 aliphatic rings. The molecule has 0 saturated heterocycles. The summed E-state index contributed by atoms with van der Waals surface area (Å²) in [5.74, 6) is 2.11. The van der Waals surface area contributed by atoms with Crippen LogP contribution in [0.3, 0.4) is 0 Å². The number of aromatic nitrogens is 2. The maximum Gasteiger partial charge on any atom is 0.256 e. The number of nitrogens with zero attached hydrogens (tertiary/aromatic N) is 2. The van der Waals surface area contributed by atoms with Crippen LogP contribution in [-0.4, -0.2) is 10.4 Å². The van der Waals surface area contributed by atoms with Gasteiger partial charge in [-0.25, -0.2) is 9.13 Å². The molecular weight excluding hydrogens is 524 g/mol. The summed E-state index contributed by atoms with van der Waals surface area (Å²) in [6.45, 7) is 3.11. The number of fused-ring (bicyclic) bond motifs is 2. The molecule has 0 fully saturated rings. The first-order chi connectivity index (χ1) is 17.7. The average Bonchev–Trinajstić information content (AvgIpc) is 3.49. The number of rotatable bonds is 7. The fraction of sp³-hybridized carbons (Fsp3) is 0.125. The van der Waals surface area contributed by atoms with Crippen LogP contribution in [0.5, 0.6) is 0 Å². The van der Waals surface area contributed by atoms with Crippen molar-refractivity contribution >= 4 is 27.5 Å². The number of ketones is 1. The zero-order valence-electron chi connectivity index (χ0n) is 20.6. The summed E-state index contributed by atoms with van der Waals surface area (Å²) in [4.78, 5) is 13.2. The van der Waals surface area contributed by atoms with Crippen molar-refractivity contribution in [3.8, 4) is 11.3 Å². The van der Waals surface area contributed by atoms with Crippen LogP contribution in [-0.2, 0) is 19.5 Å². The molecule has 0 amide bonds. The molecule has 4 aromatic carbocycles. The maximum absolute atomic E-state index is 13.2. The molecule has 2 heterocycles. The monoisotopic (exact) mass is 550 g/mol. The first kappa shape index (κ1) is 24.7. The van der Waals surface area contributed by atoms with Crippen molar-refractivity contribution in [3.63, 3.8) is 0 Å². The van der Waals surface area contributed by atoms with Crippen molar-refractivity contribution in [1.82, 2.24) is 4.57 Å². The van der Waals surface area contributed by atoms with Gasteiger partial charge in [0.15, 0.2) is 6.54 Å². The third-order valence-corrected chi connectivity index (χ3v) is 6.85. The molecule has 0 atom stereocenters. The van der Waals surface area contributed by atoms with Crippen molar-refractivity contribution in [3.05, 3.63) is 126 Å². The molecule has 0 spiro atoms. The largest absolute Gasteiger partial charge is 1.00 e. The van der Waals surface area contributed by atoms with Crippen molar-refractivity contribution in [2.24, 2.45) is 0 Å². The van der Waals surface area contributed by atoms with Crippen LogP contribution >= 0.6 is 0 Å². The van der Waals surface area contributed by atoms with Crippen LogP contribution in [0.15, 0.2) is 114 Å². The zero-order chi connectivity index (χ0) is 24.5. The van der Waals surface area contributed by atoms with Crippen LogP contribution in [0, 0.1) is 0 Å². The molecule has 6 rings (SSSR count). The van der Waals surface area contributed by atoms with E-state index in [-0.39, 0.29) is 22.8 Å². The van der Waals surface area contributed by atoms with Crippen LogP contribution in [0.2, 0.25) is 0 Å². The van der Waals surface area contributed by atoms with Gasteiger partial charge in [0.2, 0.25) is 5.78 Å². The number of hydrogen-bond donors (Lipinski definition) is 0. The minimum absolute atomic E-state index is 0. The molecule has 4 nitrogen and oxygen atoms in total. The Hall–Kier alpha value is -3.96. The summed E-state index contributed by atoms with van der Waals surface area (Å²) in [7, 11) is 0. The van der Waals surface area contributed by atoms with E-state index < -0.39 is 0 Å². The second-order valence-corrected chi connectivity index (χ2v) is 9.08. The summed E-state index contributed by atoms with van der Waals surface area (Å²) >= 11 is 0. The lowest BCUT2D eigenvalue weighted by Gasteiger charge is -2.06. The van der Waals surface area contributed by atoms with Gasteiger partial charge >= 0.3 is 0 Å². The molecule has 0 unspecified atom stereocenters. The quantitative estimate of drug-likeness (QED) is 0.224. The van der Waals surface area contributed by atoms with Gasteiger partial charge in [0.25, 0.3) is 5.82 Å². The van der Waals surface area contributed by atoms with Gasteiger partial charge in [-0.15, -0.1) is 0 Å². The van der Waals surface area contributed by atoms with Crippen molar-refractivity contribution in [2.75, 3.05) is 0 Å². The van der Waals surface area contributed by atoms with Crippen LogP contribution in [0.4, 0.5) is 0 Å². The van der Waals surface area contributed by atoms with Crippen LogP contribution < -0.4 is 21.5 Å². The van der Waals surface area contributed by atoms with Gasteiger partial charge in [-0.05, 0) is 22.9 Å². The molecule has 5 heteroatoms. The molecule has 0 aliphatic carbocycles. The third-order valence-electron chi connectivity index (χ3n) is 6.85. The van der Waals surface area contributed by atoms with E-state index in [1.165, 1.54) is 0 Å². The standard InChI is InChI=1S/C32H27N2O2.BrH/c1-2-31-33(18-19-34(31)22-29(35)26-17-16-23-10-6-7-13-25(23)20-26)21-28-27-14-8-9-15-30(27)36-32(28)24-11-4-3-5-12-24;/h3-20H,2,21-22H2,1H3;1H/q+1;/p-1. The molecule has 0 N–H and O–H groups in total. The topological polar surface area (TPSA) is 39.0 Å². The van der Waals surface area contributed by atoms with E-state index in [0.717, 1.165) is 56.4 Å². The van der Waals surface area contributed by atoms with Crippen molar-refractivity contribution < 1.29 is 30.8 Å². The minimum atomic E-state index is 0. The van der Waals surface area contributed by atoms with Crippen LogP contribution in [0.25, 0.3) is 33.1 Å². The zero-order valence-corrected chi connectivity index (χ0v) is 22.2. The molecule has 0 saturated carbocycles. The second-order valence-electron chi connectivity index (χ2n) is 9.08. The Morgan fingerprint density at radius 3 is 2.41 bits per heavy atom. The summed E-state index contributed by atoms with van der Waals surface area (Å²) in [5, 5.41) is 3.34. The first-order valence-corrected chi connectivity index (χ1v) is 12.4. The fourth-order valence-electron chi connectivity index (χ4n) is 5.05. The molecular formula is C32H27BrN2O2. The smallest absolute Gasteiger partial charge is 0.256 e. The Balaban J connectivity index is 0.00000280. The molecule has 184 valence electrons. The Morgan fingerprint density at radius 2 is 1.59 bits per heavy atom. The number of carbonyl (C=O) groups is 1. The molecule has 0 radical (unpaired) electrons. The number of hydrogen-bond acceptors (Lipinski definition) is 2. The summed E-state index contributed by atoms with van der Waals surface area (Å²) in [5.41, 5.74) is 3.84. The molecule has 0 bridgehead atoms. The highest BCUT2D eigenvalue weighted by Crippen LogP contribution is 2.33. The summed E-state index contributed by atoms with van der Waals surface area (Å²) < 4.78 is 10.6. The summed E-state index contributed by atoms with van der Waals surface area (Å²) in [6.07, 6.45) is 4.90. The summed E-state index contributed by atoms with van der Waals surface area (Å²) in [6, 6.07) is 32.5. The minimum Gasteiger partial charge on any atom is -1.00 e. The second kappa shape index (κ2) is 10.6. The van der Waals surface area contributed by atoms with E-state index in [1.54, 1.807) is 0 Å². The lowest BCUT2D eigenvalue weighted by atomic mass is 10.0. The highest BCUT2D eigenvalue weighted by atomic mass is 79.9. The van der Waals surface area contributed by atoms with Gasteiger partial charge in [0, 0.05) is 28.5 Å². The average molecular weight is 551 g/mol. The number of benzene rings is 4. The normalized spacial score (nSPS) is 11.1. The highest BCUT2D eigenvalue weighted by molar-refractivity contribution is 5.99. The number of halogens is 1. The number of furan rings is 1. The van der Waals surface area contributed by atoms with E-state index in [0.29, 0.717) is 13.1 Å². The fourth-order valence-corrected chi connectivity index (χ4v) is 5.05. The lowest BCUT2D eigenvalue weighted by Crippen LogP contribution is -3.00.